The number of nitriles is 1. The van der Waals surface area contributed by atoms with Crippen molar-refractivity contribution in [3.8, 4) is 17.6 Å². The first kappa shape index (κ1) is 20.1. The number of nitrogens with zero attached hydrogens (tertiary/aromatic N) is 1. The van der Waals surface area contributed by atoms with E-state index in [0.717, 1.165) is 24.0 Å². The summed E-state index contributed by atoms with van der Waals surface area (Å²) in [6.45, 7) is 0.930. The highest BCUT2D eigenvalue weighted by Crippen LogP contribution is 2.37. The van der Waals surface area contributed by atoms with E-state index in [9.17, 15) is 4.39 Å². The Hall–Kier alpha value is -3.82. The normalized spacial score (nSPS) is 15.2. The molecule has 1 aliphatic rings. The zero-order valence-electron chi connectivity index (χ0n) is 17.6. The molecule has 0 bridgehead atoms. The molecule has 0 fully saturated rings. The Balaban J connectivity index is 1.42. The van der Waals surface area contributed by atoms with E-state index in [1.54, 1.807) is 19.2 Å². The SMILES string of the molecule is COc1cc(C2NCCc3c2[nH]c2ccccc32)ccc1OCc1ccc(C#N)cc1F. The molecule has 1 atom stereocenters. The molecule has 6 heteroatoms. The first-order valence-corrected chi connectivity index (χ1v) is 10.5. The molecule has 1 aliphatic heterocycles. The van der Waals surface area contributed by atoms with E-state index in [1.807, 2.05) is 30.3 Å². The molecule has 3 aromatic carbocycles. The number of aromatic nitrogens is 1. The highest BCUT2D eigenvalue weighted by molar-refractivity contribution is 5.85. The molecular formula is C26H22FN3O2. The molecule has 0 saturated heterocycles. The second-order valence-corrected chi connectivity index (χ2v) is 7.82. The van der Waals surface area contributed by atoms with Crippen molar-refractivity contribution in [1.82, 2.24) is 10.3 Å². The van der Waals surface area contributed by atoms with Crippen LogP contribution in [0.1, 0.15) is 34.0 Å². The average Bonchev–Trinajstić information content (AvgIpc) is 3.22. The number of halogens is 1. The molecule has 0 amide bonds. The monoisotopic (exact) mass is 427 g/mol. The lowest BCUT2D eigenvalue weighted by Crippen LogP contribution is -2.30. The van der Waals surface area contributed by atoms with Gasteiger partial charge in [0, 0.05) is 28.7 Å². The maximum atomic E-state index is 14.2. The topological polar surface area (TPSA) is 70.1 Å². The molecule has 5 rings (SSSR count). The van der Waals surface area contributed by atoms with Gasteiger partial charge in [-0.25, -0.2) is 4.39 Å². The number of aromatic amines is 1. The molecular weight excluding hydrogens is 405 g/mol. The number of H-pyrrole nitrogens is 1. The van der Waals surface area contributed by atoms with Gasteiger partial charge in [0.1, 0.15) is 12.4 Å². The Morgan fingerprint density at radius 2 is 1.97 bits per heavy atom. The molecule has 2 heterocycles. The van der Waals surface area contributed by atoms with Gasteiger partial charge >= 0.3 is 0 Å². The summed E-state index contributed by atoms with van der Waals surface area (Å²) < 4.78 is 25.6. The van der Waals surface area contributed by atoms with Gasteiger partial charge in [0.15, 0.2) is 11.5 Å². The van der Waals surface area contributed by atoms with Crippen molar-refractivity contribution in [2.24, 2.45) is 0 Å². The van der Waals surface area contributed by atoms with Crippen LogP contribution in [0.3, 0.4) is 0 Å². The third-order valence-corrected chi connectivity index (χ3v) is 5.95. The summed E-state index contributed by atoms with van der Waals surface area (Å²) in [6.07, 6.45) is 0.977. The minimum Gasteiger partial charge on any atom is -0.493 e. The number of hydrogen-bond donors (Lipinski definition) is 2. The van der Waals surface area contributed by atoms with E-state index < -0.39 is 5.82 Å². The largest absolute Gasteiger partial charge is 0.493 e. The van der Waals surface area contributed by atoms with Crippen LogP contribution in [0.4, 0.5) is 4.39 Å². The lowest BCUT2D eigenvalue weighted by molar-refractivity contribution is 0.279. The fraction of sp³-hybridized carbons (Fsp3) is 0.192. The van der Waals surface area contributed by atoms with Crippen molar-refractivity contribution >= 4 is 10.9 Å². The predicted molar refractivity (Wildman–Crippen MR) is 120 cm³/mol. The fourth-order valence-corrected chi connectivity index (χ4v) is 4.34. The fourth-order valence-electron chi connectivity index (χ4n) is 4.34. The summed E-state index contributed by atoms with van der Waals surface area (Å²) in [7, 11) is 1.59. The van der Waals surface area contributed by atoms with Crippen LogP contribution in [-0.2, 0) is 13.0 Å². The van der Waals surface area contributed by atoms with Gasteiger partial charge in [-0.05, 0) is 47.9 Å². The minimum absolute atomic E-state index is 0.0186. The van der Waals surface area contributed by atoms with Crippen LogP contribution < -0.4 is 14.8 Å². The van der Waals surface area contributed by atoms with Gasteiger partial charge in [-0.3, -0.25) is 0 Å². The smallest absolute Gasteiger partial charge is 0.161 e. The Morgan fingerprint density at radius 3 is 2.78 bits per heavy atom. The minimum atomic E-state index is -0.461. The molecule has 1 unspecified atom stereocenters. The number of ether oxygens (including phenoxy) is 2. The second-order valence-electron chi connectivity index (χ2n) is 7.82. The summed E-state index contributed by atoms with van der Waals surface area (Å²) in [6, 6.07) is 20.5. The van der Waals surface area contributed by atoms with Crippen molar-refractivity contribution < 1.29 is 13.9 Å². The molecule has 1 aromatic heterocycles. The van der Waals surface area contributed by atoms with Crippen molar-refractivity contribution in [1.29, 1.82) is 5.26 Å². The number of nitrogens with one attached hydrogen (secondary N) is 2. The van der Waals surface area contributed by atoms with Crippen molar-refractivity contribution in [2.75, 3.05) is 13.7 Å². The summed E-state index contributed by atoms with van der Waals surface area (Å²) in [5, 5.41) is 13.8. The number of hydrogen-bond acceptors (Lipinski definition) is 4. The molecule has 2 N–H and O–H groups in total. The van der Waals surface area contributed by atoms with Crippen LogP contribution in [0.5, 0.6) is 11.5 Å². The van der Waals surface area contributed by atoms with Gasteiger partial charge < -0.3 is 19.8 Å². The Labute approximate surface area is 185 Å². The van der Waals surface area contributed by atoms with Crippen LogP contribution in [0, 0.1) is 17.1 Å². The van der Waals surface area contributed by atoms with Crippen LogP contribution in [0.15, 0.2) is 60.7 Å². The number of methoxy groups -OCH3 is 1. The Kier molecular flexibility index (Phi) is 5.26. The number of para-hydroxylation sites is 1. The van der Waals surface area contributed by atoms with Crippen LogP contribution in [-0.4, -0.2) is 18.6 Å². The molecule has 32 heavy (non-hydrogen) atoms. The first-order valence-electron chi connectivity index (χ1n) is 10.5. The summed E-state index contributed by atoms with van der Waals surface area (Å²) in [5.74, 6) is 0.659. The van der Waals surface area contributed by atoms with Crippen molar-refractivity contribution in [2.45, 2.75) is 19.1 Å². The molecule has 5 nitrogen and oxygen atoms in total. The standard InChI is InChI=1S/C26H22FN3O2/c1-31-24-13-17(8-9-23(24)32-15-18-7-6-16(14-28)12-21(18)27)25-26-20(10-11-29-25)19-4-2-3-5-22(19)30-26/h2-9,12-13,25,29-30H,10-11,15H2,1H3. The van der Waals surface area contributed by atoms with Gasteiger partial charge in [0.2, 0.25) is 0 Å². The van der Waals surface area contributed by atoms with E-state index in [2.05, 4.69) is 28.5 Å². The van der Waals surface area contributed by atoms with Gasteiger partial charge in [-0.1, -0.05) is 30.3 Å². The van der Waals surface area contributed by atoms with E-state index in [4.69, 9.17) is 14.7 Å². The molecule has 160 valence electrons. The summed E-state index contributed by atoms with van der Waals surface area (Å²) in [5.41, 5.74) is 5.39. The quantitative estimate of drug-likeness (QED) is 0.470. The van der Waals surface area contributed by atoms with Gasteiger partial charge in [-0.2, -0.15) is 5.26 Å². The van der Waals surface area contributed by atoms with E-state index in [-0.39, 0.29) is 18.2 Å². The number of benzene rings is 3. The Morgan fingerprint density at radius 1 is 1.09 bits per heavy atom. The van der Waals surface area contributed by atoms with Gasteiger partial charge in [0.25, 0.3) is 0 Å². The van der Waals surface area contributed by atoms with Crippen molar-refractivity contribution in [3.05, 3.63) is 94.4 Å². The van der Waals surface area contributed by atoms with E-state index >= 15 is 0 Å². The first-order chi connectivity index (χ1) is 15.7. The lowest BCUT2D eigenvalue weighted by Gasteiger charge is -2.25. The molecule has 0 saturated carbocycles. The molecule has 0 radical (unpaired) electrons. The highest BCUT2D eigenvalue weighted by atomic mass is 19.1. The third kappa shape index (κ3) is 3.57. The summed E-state index contributed by atoms with van der Waals surface area (Å²) in [4.78, 5) is 3.58. The lowest BCUT2D eigenvalue weighted by atomic mass is 9.94. The maximum absolute atomic E-state index is 14.2. The molecule has 0 spiro atoms. The van der Waals surface area contributed by atoms with Crippen molar-refractivity contribution in [3.63, 3.8) is 0 Å². The van der Waals surface area contributed by atoms with Crippen LogP contribution >= 0.6 is 0 Å². The van der Waals surface area contributed by atoms with E-state index in [0.29, 0.717) is 17.1 Å². The molecule has 0 aliphatic carbocycles. The third-order valence-electron chi connectivity index (χ3n) is 5.95. The number of rotatable bonds is 5. The molecule has 4 aromatic rings. The average molecular weight is 427 g/mol. The van der Waals surface area contributed by atoms with E-state index in [1.165, 1.54) is 22.7 Å². The highest BCUT2D eigenvalue weighted by Gasteiger charge is 2.26. The second kappa shape index (κ2) is 8.37. The summed E-state index contributed by atoms with van der Waals surface area (Å²) >= 11 is 0. The maximum Gasteiger partial charge on any atom is 0.161 e. The zero-order chi connectivity index (χ0) is 22.1. The predicted octanol–water partition coefficient (Wildman–Crippen LogP) is 5.00. The Bertz CT molecular complexity index is 1340. The van der Waals surface area contributed by atoms with Crippen LogP contribution in [0.25, 0.3) is 10.9 Å². The zero-order valence-corrected chi connectivity index (χ0v) is 17.6. The van der Waals surface area contributed by atoms with Crippen LogP contribution in [0.2, 0.25) is 0 Å². The number of fused-ring (bicyclic) bond motifs is 3. The van der Waals surface area contributed by atoms with Gasteiger partial charge in [-0.15, -0.1) is 0 Å². The van der Waals surface area contributed by atoms with Gasteiger partial charge in [0.05, 0.1) is 24.8 Å².